The van der Waals surface area contributed by atoms with Gasteiger partial charge in [0.25, 0.3) is 0 Å². The molecule has 0 radical (unpaired) electrons. The van der Waals surface area contributed by atoms with E-state index in [1.807, 2.05) is 42.5 Å². The number of hydrogen-bond acceptors (Lipinski definition) is 2. The molecule has 2 heteroatoms. The van der Waals surface area contributed by atoms with Crippen molar-refractivity contribution in [2.24, 2.45) is 0 Å². The van der Waals surface area contributed by atoms with Crippen LogP contribution in [0.2, 0.25) is 0 Å². The summed E-state index contributed by atoms with van der Waals surface area (Å²) in [6, 6.07) is 13.8. The molecule has 0 spiro atoms. The third-order valence-electron chi connectivity index (χ3n) is 2.34. The second-order valence-corrected chi connectivity index (χ2v) is 3.52. The first-order chi connectivity index (χ1) is 7.27. The van der Waals surface area contributed by atoms with Crippen molar-refractivity contribution in [1.29, 1.82) is 0 Å². The van der Waals surface area contributed by atoms with Crippen molar-refractivity contribution in [3.63, 3.8) is 0 Å². The minimum atomic E-state index is -0.456. The number of aromatic nitrogens is 1. The van der Waals surface area contributed by atoms with E-state index in [2.05, 4.69) is 4.98 Å². The third-order valence-corrected chi connectivity index (χ3v) is 2.34. The lowest BCUT2D eigenvalue weighted by atomic mass is 10.1. The van der Waals surface area contributed by atoms with Gasteiger partial charge in [0, 0.05) is 11.8 Å². The Morgan fingerprint density at radius 1 is 1.07 bits per heavy atom. The normalized spacial score (nSPS) is 12.4. The molecule has 0 saturated heterocycles. The zero-order valence-electron chi connectivity index (χ0n) is 8.59. The van der Waals surface area contributed by atoms with Crippen LogP contribution in [-0.4, -0.2) is 10.1 Å². The summed E-state index contributed by atoms with van der Waals surface area (Å²) in [5.74, 6) is 0. The highest BCUT2D eigenvalue weighted by Gasteiger charge is 2.02. The molecule has 1 unspecified atom stereocenters. The van der Waals surface area contributed by atoms with Gasteiger partial charge < -0.3 is 5.11 Å². The molecule has 1 heterocycles. The molecule has 1 aromatic heterocycles. The molecule has 2 nitrogen and oxygen atoms in total. The molecule has 0 amide bonds. The summed E-state index contributed by atoms with van der Waals surface area (Å²) in [5.41, 5.74) is 2.87. The van der Waals surface area contributed by atoms with Gasteiger partial charge in [0.15, 0.2) is 0 Å². The molecule has 0 fully saturated rings. The monoisotopic (exact) mass is 199 g/mol. The lowest BCUT2D eigenvalue weighted by molar-refractivity contribution is 0.199. The van der Waals surface area contributed by atoms with Gasteiger partial charge in [-0.15, -0.1) is 0 Å². The van der Waals surface area contributed by atoms with Crippen LogP contribution in [0.25, 0.3) is 11.3 Å². The summed E-state index contributed by atoms with van der Waals surface area (Å²) < 4.78 is 0. The number of aliphatic hydroxyl groups is 1. The zero-order chi connectivity index (χ0) is 10.7. The highest BCUT2D eigenvalue weighted by molar-refractivity contribution is 5.58. The van der Waals surface area contributed by atoms with E-state index in [0.717, 1.165) is 16.8 Å². The lowest BCUT2D eigenvalue weighted by Crippen LogP contribution is -1.92. The quantitative estimate of drug-likeness (QED) is 0.806. The van der Waals surface area contributed by atoms with Crippen molar-refractivity contribution in [3.8, 4) is 11.3 Å². The Morgan fingerprint density at radius 3 is 2.33 bits per heavy atom. The maximum atomic E-state index is 9.35. The average molecular weight is 199 g/mol. The lowest BCUT2D eigenvalue weighted by Gasteiger charge is -2.05. The summed E-state index contributed by atoms with van der Waals surface area (Å²) in [7, 11) is 0. The van der Waals surface area contributed by atoms with Gasteiger partial charge in [-0.25, -0.2) is 0 Å². The maximum absolute atomic E-state index is 9.35. The molecule has 2 aromatic rings. The van der Waals surface area contributed by atoms with E-state index in [1.54, 1.807) is 13.1 Å². The Morgan fingerprint density at radius 2 is 1.80 bits per heavy atom. The smallest absolute Gasteiger partial charge is 0.0776 e. The second-order valence-electron chi connectivity index (χ2n) is 3.52. The third kappa shape index (κ3) is 2.22. The standard InChI is InChI=1S/C13H13NO/c1-10(15)12-7-8-13(14-9-12)11-5-3-2-4-6-11/h2-10,15H,1H3. The predicted molar refractivity (Wildman–Crippen MR) is 60.3 cm³/mol. The van der Waals surface area contributed by atoms with Gasteiger partial charge in [-0.3, -0.25) is 4.98 Å². The van der Waals surface area contributed by atoms with Crippen molar-refractivity contribution in [2.75, 3.05) is 0 Å². The van der Waals surface area contributed by atoms with Crippen molar-refractivity contribution in [1.82, 2.24) is 4.98 Å². The molecule has 2 rings (SSSR count). The van der Waals surface area contributed by atoms with Crippen LogP contribution in [0.5, 0.6) is 0 Å². The van der Waals surface area contributed by atoms with Crippen LogP contribution in [0, 0.1) is 0 Å². The summed E-state index contributed by atoms with van der Waals surface area (Å²) in [4.78, 5) is 4.31. The van der Waals surface area contributed by atoms with Crippen molar-refractivity contribution in [2.45, 2.75) is 13.0 Å². The Hall–Kier alpha value is -1.67. The fourth-order valence-electron chi connectivity index (χ4n) is 1.43. The van der Waals surface area contributed by atoms with Crippen molar-refractivity contribution < 1.29 is 5.11 Å². The van der Waals surface area contributed by atoms with E-state index in [4.69, 9.17) is 0 Å². The van der Waals surface area contributed by atoms with Gasteiger partial charge in [-0.1, -0.05) is 36.4 Å². The van der Waals surface area contributed by atoms with Crippen LogP contribution in [0.3, 0.4) is 0 Å². The van der Waals surface area contributed by atoms with Crippen LogP contribution < -0.4 is 0 Å². The van der Waals surface area contributed by atoms with Gasteiger partial charge in [-0.2, -0.15) is 0 Å². The van der Waals surface area contributed by atoms with Gasteiger partial charge >= 0.3 is 0 Å². The molecular formula is C13H13NO. The number of nitrogens with zero attached hydrogens (tertiary/aromatic N) is 1. The van der Waals surface area contributed by atoms with Gasteiger partial charge in [0.1, 0.15) is 0 Å². The van der Waals surface area contributed by atoms with Crippen LogP contribution in [0.1, 0.15) is 18.6 Å². The van der Waals surface area contributed by atoms with Gasteiger partial charge in [0.2, 0.25) is 0 Å². The highest BCUT2D eigenvalue weighted by atomic mass is 16.3. The maximum Gasteiger partial charge on any atom is 0.0776 e. The summed E-state index contributed by atoms with van der Waals surface area (Å²) in [6.45, 7) is 1.74. The first kappa shape index (κ1) is 9.87. The number of pyridine rings is 1. The van der Waals surface area contributed by atoms with Crippen LogP contribution in [0.15, 0.2) is 48.7 Å². The molecule has 76 valence electrons. The van der Waals surface area contributed by atoms with Gasteiger partial charge in [0.05, 0.1) is 11.8 Å². The number of rotatable bonds is 2. The first-order valence-corrected chi connectivity index (χ1v) is 4.97. The average Bonchev–Trinajstić information content (AvgIpc) is 2.30. The van der Waals surface area contributed by atoms with Crippen molar-refractivity contribution >= 4 is 0 Å². The highest BCUT2D eigenvalue weighted by Crippen LogP contribution is 2.18. The Labute approximate surface area is 89.2 Å². The Balaban J connectivity index is 2.32. The Kier molecular flexibility index (Phi) is 2.79. The SMILES string of the molecule is CC(O)c1ccc(-c2ccccc2)nc1. The van der Waals surface area contributed by atoms with Crippen molar-refractivity contribution in [3.05, 3.63) is 54.2 Å². The topological polar surface area (TPSA) is 33.1 Å². The molecule has 0 aliphatic rings. The Bertz CT molecular complexity index is 420. The molecule has 1 atom stereocenters. The van der Waals surface area contributed by atoms with E-state index in [9.17, 15) is 5.11 Å². The minimum Gasteiger partial charge on any atom is -0.389 e. The molecule has 1 aromatic carbocycles. The number of hydrogen-bond donors (Lipinski definition) is 1. The predicted octanol–water partition coefficient (Wildman–Crippen LogP) is 2.80. The molecule has 0 bridgehead atoms. The summed E-state index contributed by atoms with van der Waals surface area (Å²) in [6.07, 6.45) is 1.26. The van der Waals surface area contributed by atoms with E-state index in [1.165, 1.54) is 0 Å². The van der Waals surface area contributed by atoms with Crippen LogP contribution >= 0.6 is 0 Å². The minimum absolute atomic E-state index is 0.456. The van der Waals surface area contributed by atoms with E-state index in [-0.39, 0.29) is 0 Å². The van der Waals surface area contributed by atoms with Gasteiger partial charge in [-0.05, 0) is 18.6 Å². The molecule has 0 saturated carbocycles. The second kappa shape index (κ2) is 4.24. The molecular weight excluding hydrogens is 186 g/mol. The molecule has 1 N–H and O–H groups in total. The molecule has 0 aliphatic carbocycles. The first-order valence-electron chi connectivity index (χ1n) is 4.97. The molecule has 0 aliphatic heterocycles. The van der Waals surface area contributed by atoms with E-state index in [0.29, 0.717) is 0 Å². The fraction of sp³-hybridized carbons (Fsp3) is 0.154. The zero-order valence-corrected chi connectivity index (χ0v) is 8.59. The van der Waals surface area contributed by atoms with Crippen LogP contribution in [0.4, 0.5) is 0 Å². The fourth-order valence-corrected chi connectivity index (χ4v) is 1.43. The summed E-state index contributed by atoms with van der Waals surface area (Å²) >= 11 is 0. The van der Waals surface area contributed by atoms with E-state index < -0.39 is 6.10 Å². The van der Waals surface area contributed by atoms with E-state index >= 15 is 0 Å². The summed E-state index contributed by atoms with van der Waals surface area (Å²) in [5, 5.41) is 9.35. The number of aliphatic hydroxyl groups excluding tert-OH is 1. The molecule has 15 heavy (non-hydrogen) atoms. The number of benzene rings is 1. The largest absolute Gasteiger partial charge is 0.389 e. The van der Waals surface area contributed by atoms with Crippen LogP contribution in [-0.2, 0) is 0 Å².